The Morgan fingerprint density at radius 1 is 1.06 bits per heavy atom. The van der Waals surface area contributed by atoms with Crippen LogP contribution in [0.15, 0.2) is 12.2 Å². The Labute approximate surface area is 127 Å². The predicted octanol–water partition coefficient (Wildman–Crippen LogP) is 4.75. The second kappa shape index (κ2) is 26.0. The first-order valence-electron chi connectivity index (χ1n) is 6.24. The second-order valence-electron chi connectivity index (χ2n) is 4.27. The summed E-state index contributed by atoms with van der Waals surface area (Å²) in [4.78, 5) is 7.75. The van der Waals surface area contributed by atoms with Gasteiger partial charge < -0.3 is 19.1 Å². The number of hydrogen-bond donors (Lipinski definition) is 0. The van der Waals surface area contributed by atoms with Crippen molar-refractivity contribution < 1.29 is 21.6 Å². The predicted molar refractivity (Wildman–Crippen MR) is 85.0 cm³/mol. The van der Waals surface area contributed by atoms with Gasteiger partial charge in [-0.15, -0.1) is 6.42 Å². The summed E-state index contributed by atoms with van der Waals surface area (Å²) in [6, 6.07) is 0. The van der Waals surface area contributed by atoms with Crippen LogP contribution in [0.5, 0.6) is 0 Å². The van der Waals surface area contributed by atoms with Crippen molar-refractivity contribution in [1.29, 1.82) is 0 Å². The third kappa shape index (κ3) is 29.9. The summed E-state index contributed by atoms with van der Waals surface area (Å²) >= 11 is 0. The Hall–Kier alpha value is 0.346. The fourth-order valence-corrected chi connectivity index (χ4v) is 2.17. The number of allylic oxidation sites excluding steroid dienone is 2. The summed E-state index contributed by atoms with van der Waals surface area (Å²) in [6.07, 6.45) is 15.5. The summed E-state index contributed by atoms with van der Waals surface area (Å²) in [5, 5.41) is 0. The Morgan fingerprint density at radius 3 is 1.67 bits per heavy atom. The smallest absolute Gasteiger partial charge is 0.545 e. The monoisotopic (exact) mass is 317 g/mol. The van der Waals surface area contributed by atoms with Crippen molar-refractivity contribution in [3.63, 3.8) is 0 Å². The number of carbonyl (C=O) groups excluding carboxylic acids is 1. The molecule has 1 nitrogen and oxygen atoms in total. The Morgan fingerprint density at radius 2 is 1.44 bits per heavy atom. The minimum atomic E-state index is 0. The van der Waals surface area contributed by atoms with Gasteiger partial charge in [0.1, 0.15) is 0 Å². The molecule has 1 aliphatic rings. The number of rotatable bonds is 2. The van der Waals surface area contributed by atoms with E-state index in [1.165, 1.54) is 44.7 Å². The average molecular weight is 317 g/mol. The van der Waals surface area contributed by atoms with Crippen LogP contribution in [-0.2, 0) is 21.6 Å². The summed E-state index contributed by atoms with van der Waals surface area (Å²) in [5.74, 6) is 0. The zero-order valence-corrected chi connectivity index (χ0v) is 14.4. The summed E-state index contributed by atoms with van der Waals surface area (Å²) < 4.78 is 0. The van der Waals surface area contributed by atoms with Crippen LogP contribution in [0.25, 0.3) is 0 Å². The molecule has 1 aliphatic carbocycles. The van der Waals surface area contributed by atoms with Crippen molar-refractivity contribution in [2.24, 2.45) is 0 Å². The van der Waals surface area contributed by atoms with E-state index in [2.05, 4.69) is 39.2 Å². The number of hydrogen-bond acceptors (Lipinski definition) is 1. The molecule has 0 heterocycles. The van der Waals surface area contributed by atoms with Gasteiger partial charge in [-0.2, -0.15) is 0 Å². The van der Waals surface area contributed by atoms with Crippen LogP contribution in [0, 0.1) is 14.4 Å². The van der Waals surface area contributed by atoms with Crippen molar-refractivity contribution in [3.8, 4) is 0 Å². The molecule has 0 atom stereocenters. The fourth-order valence-electron chi connectivity index (χ4n) is 1.47. The molecule has 1 rings (SSSR count). The molecule has 0 saturated heterocycles. The van der Waals surface area contributed by atoms with Gasteiger partial charge in [0.2, 0.25) is 0 Å². The van der Waals surface area contributed by atoms with Crippen LogP contribution in [0.2, 0.25) is 0 Å². The van der Waals surface area contributed by atoms with Crippen molar-refractivity contribution in [1.82, 2.24) is 0 Å². The Kier molecular flexibility index (Phi) is 38.8. The molecule has 110 valence electrons. The molecule has 0 radical (unpaired) electrons. The SMILES string of the molecule is C1=CCCCCCC1.[CH-]=O.[CH2-]CC[PH+](C)C.[CH3-].[Co+3]. The third-order valence-electron chi connectivity index (χ3n) is 2.34. The maximum Gasteiger partial charge on any atom is 3.00 e. The van der Waals surface area contributed by atoms with Gasteiger partial charge in [0, 0.05) is 19.5 Å². The van der Waals surface area contributed by atoms with E-state index in [-0.39, 0.29) is 32.1 Å². The molecule has 18 heavy (non-hydrogen) atoms. The van der Waals surface area contributed by atoms with Gasteiger partial charge in [-0.25, -0.2) is 0 Å². The molecule has 0 N–H and O–H groups in total. The van der Waals surface area contributed by atoms with Crippen LogP contribution in [0.1, 0.15) is 44.9 Å². The topological polar surface area (TPSA) is 17.1 Å². The molecule has 0 bridgehead atoms. The van der Waals surface area contributed by atoms with Gasteiger partial charge >= 0.3 is 16.8 Å². The molecule has 0 unspecified atom stereocenters. The van der Waals surface area contributed by atoms with Gasteiger partial charge in [0.15, 0.2) is 0 Å². The normalized spacial score (nSPS) is 13.3. The molecule has 0 aliphatic heterocycles. The molecule has 0 aromatic carbocycles. The summed E-state index contributed by atoms with van der Waals surface area (Å²) in [7, 11) is 0.0520. The molecule has 0 fully saturated rings. The van der Waals surface area contributed by atoms with Crippen LogP contribution < -0.4 is 0 Å². The van der Waals surface area contributed by atoms with E-state index in [4.69, 9.17) is 4.79 Å². The minimum absolute atomic E-state index is 0. The quantitative estimate of drug-likeness (QED) is 0.311. The molecule has 0 spiro atoms. The van der Waals surface area contributed by atoms with Crippen LogP contribution in [0.3, 0.4) is 0 Å². The Balaban J connectivity index is -0.0000000895. The molecule has 0 amide bonds. The first-order valence-corrected chi connectivity index (χ1v) is 8.95. The molecular formula is C15H31CoOP+. The minimum Gasteiger partial charge on any atom is -0.545 e. The van der Waals surface area contributed by atoms with E-state index in [9.17, 15) is 0 Å². The first kappa shape index (κ1) is 26.8. The molecule has 0 aromatic heterocycles. The zero-order chi connectivity index (χ0) is 12.6. The molecule has 0 saturated carbocycles. The Bertz CT molecular complexity index is 139. The molecule has 3 heteroatoms. The second-order valence-corrected chi connectivity index (χ2v) is 7.19. The van der Waals surface area contributed by atoms with Crippen LogP contribution >= 0.6 is 7.92 Å². The maximum absolute atomic E-state index is 7.75. The molecular weight excluding hydrogens is 286 g/mol. The fraction of sp³-hybridized carbons (Fsp3) is 0.667. The van der Waals surface area contributed by atoms with E-state index < -0.39 is 0 Å². The van der Waals surface area contributed by atoms with E-state index in [1.807, 2.05) is 0 Å². The van der Waals surface area contributed by atoms with Gasteiger partial charge in [0.25, 0.3) is 0 Å². The van der Waals surface area contributed by atoms with Crippen molar-refractivity contribution in [2.45, 2.75) is 44.9 Å². The van der Waals surface area contributed by atoms with E-state index in [0.717, 1.165) is 6.42 Å². The van der Waals surface area contributed by atoms with E-state index >= 15 is 0 Å². The average Bonchev–Trinajstić information content (AvgIpc) is 2.20. The van der Waals surface area contributed by atoms with Crippen LogP contribution in [-0.4, -0.2) is 26.3 Å². The van der Waals surface area contributed by atoms with E-state index in [0.29, 0.717) is 0 Å². The zero-order valence-electron chi connectivity index (χ0n) is 12.3. The molecule has 0 aromatic rings. The van der Waals surface area contributed by atoms with E-state index in [1.54, 1.807) is 0 Å². The first-order chi connectivity index (χ1) is 7.77. The van der Waals surface area contributed by atoms with Gasteiger partial charge in [-0.3, -0.25) is 6.79 Å². The standard InChI is InChI=1S/C8H14.C5H12P.CHO.CH3.Co/c1-2-4-6-8-7-5-3-1;1-4-5-6(2)3;1-2;;/h1-2H,3-8H2;1,4-5H2,2-3H3;1H;1H3;/q;3*-1;+3/p+1. The maximum atomic E-state index is 7.75. The van der Waals surface area contributed by atoms with Crippen LogP contribution in [0.4, 0.5) is 0 Å². The van der Waals surface area contributed by atoms with Gasteiger partial charge in [-0.1, -0.05) is 25.0 Å². The van der Waals surface area contributed by atoms with Crippen molar-refractivity contribution in [2.75, 3.05) is 19.5 Å². The third-order valence-corrected chi connectivity index (χ3v) is 3.69. The van der Waals surface area contributed by atoms with Crippen molar-refractivity contribution in [3.05, 3.63) is 26.5 Å². The summed E-state index contributed by atoms with van der Waals surface area (Å²) in [6.45, 7) is 11.6. The van der Waals surface area contributed by atoms with Gasteiger partial charge in [-0.05, 0) is 33.6 Å². The summed E-state index contributed by atoms with van der Waals surface area (Å²) in [5.41, 5.74) is 0. The largest absolute Gasteiger partial charge is 3.00 e. The van der Waals surface area contributed by atoms with Gasteiger partial charge in [0.05, 0.1) is 0 Å². The van der Waals surface area contributed by atoms with Crippen molar-refractivity contribution >= 4 is 14.7 Å².